The summed E-state index contributed by atoms with van der Waals surface area (Å²) in [6.07, 6.45) is 5.14. The summed E-state index contributed by atoms with van der Waals surface area (Å²) in [6.45, 7) is 9.07. The zero-order chi connectivity index (χ0) is 12.0. The lowest BCUT2D eigenvalue weighted by Gasteiger charge is -2.12. The maximum atomic E-state index is 5.98. The summed E-state index contributed by atoms with van der Waals surface area (Å²) in [5.74, 6) is 0.649. The highest BCUT2D eigenvalue weighted by Gasteiger charge is 2.65. The van der Waals surface area contributed by atoms with Crippen LogP contribution in [0.15, 0.2) is 4.99 Å². The molecule has 2 saturated carbocycles. The summed E-state index contributed by atoms with van der Waals surface area (Å²) in [5.41, 5.74) is 6.55. The smallest absolute Gasteiger partial charge is 0.189 e. The van der Waals surface area contributed by atoms with E-state index in [4.69, 9.17) is 5.73 Å². The third-order valence-corrected chi connectivity index (χ3v) is 4.92. The Morgan fingerprint density at radius 3 is 2.06 bits per heavy atom. The summed E-state index contributed by atoms with van der Waals surface area (Å²) in [7, 11) is 0. The lowest BCUT2D eigenvalue weighted by atomic mass is 10.0. The minimum Gasteiger partial charge on any atom is -0.370 e. The summed E-state index contributed by atoms with van der Waals surface area (Å²) >= 11 is 0. The average Bonchev–Trinajstić information content (AvgIpc) is 2.63. The molecule has 0 spiro atoms. The Kier molecular flexibility index (Phi) is 2.67. The van der Waals surface area contributed by atoms with Crippen molar-refractivity contribution in [3.05, 3.63) is 0 Å². The van der Waals surface area contributed by atoms with Gasteiger partial charge in [0, 0.05) is 6.04 Å². The second-order valence-corrected chi connectivity index (χ2v) is 6.49. The van der Waals surface area contributed by atoms with Crippen LogP contribution in [0.5, 0.6) is 0 Å². The van der Waals surface area contributed by atoms with Crippen LogP contribution in [0.2, 0.25) is 0 Å². The lowest BCUT2D eigenvalue weighted by Crippen LogP contribution is -2.39. The highest BCUT2D eigenvalue weighted by molar-refractivity contribution is 5.78. The van der Waals surface area contributed by atoms with Gasteiger partial charge in [-0.3, -0.25) is 0 Å². The van der Waals surface area contributed by atoms with E-state index in [1.807, 2.05) is 0 Å². The van der Waals surface area contributed by atoms with E-state index < -0.39 is 0 Å². The number of rotatable bonds is 2. The first-order chi connectivity index (χ1) is 7.35. The van der Waals surface area contributed by atoms with Gasteiger partial charge in [0.1, 0.15) is 0 Å². The minimum absolute atomic E-state index is 0.287. The van der Waals surface area contributed by atoms with E-state index in [1.165, 1.54) is 25.7 Å². The van der Waals surface area contributed by atoms with Crippen LogP contribution in [0.4, 0.5) is 0 Å². The first-order valence-corrected chi connectivity index (χ1v) is 6.45. The fourth-order valence-corrected chi connectivity index (χ4v) is 2.94. The van der Waals surface area contributed by atoms with Crippen LogP contribution in [0.25, 0.3) is 0 Å². The zero-order valence-corrected chi connectivity index (χ0v) is 11.0. The summed E-state index contributed by atoms with van der Waals surface area (Å²) in [5, 5.41) is 3.35. The number of nitrogens with zero attached hydrogens (tertiary/aromatic N) is 1. The van der Waals surface area contributed by atoms with Gasteiger partial charge in [0.15, 0.2) is 5.96 Å². The Morgan fingerprint density at radius 1 is 1.12 bits per heavy atom. The van der Waals surface area contributed by atoms with Gasteiger partial charge in [-0.25, -0.2) is 4.99 Å². The standard InChI is InChI=1S/C13H25N3/c1-12(2)10(13(12,3)4)16-11(14)15-9-7-5-6-8-9/h9-10H,5-8H2,1-4H3,(H3,14,15,16). The van der Waals surface area contributed by atoms with Crippen molar-refractivity contribution in [2.45, 2.75) is 65.5 Å². The van der Waals surface area contributed by atoms with Gasteiger partial charge >= 0.3 is 0 Å². The Bertz CT molecular complexity index is 284. The molecule has 0 bridgehead atoms. The SMILES string of the molecule is CC1(C)C(N=C(N)NC2CCCC2)C1(C)C. The monoisotopic (exact) mass is 223 g/mol. The molecule has 0 amide bonds. The van der Waals surface area contributed by atoms with Crippen molar-refractivity contribution < 1.29 is 0 Å². The number of hydrogen-bond donors (Lipinski definition) is 2. The summed E-state index contributed by atoms with van der Waals surface area (Å²) in [6, 6.07) is 0.933. The number of nitrogens with one attached hydrogen (secondary N) is 1. The second-order valence-electron chi connectivity index (χ2n) is 6.49. The molecule has 0 unspecified atom stereocenters. The van der Waals surface area contributed by atoms with E-state index >= 15 is 0 Å². The molecule has 3 N–H and O–H groups in total. The molecular formula is C13H25N3. The molecule has 0 atom stereocenters. The fraction of sp³-hybridized carbons (Fsp3) is 0.923. The summed E-state index contributed by atoms with van der Waals surface area (Å²) in [4.78, 5) is 4.64. The van der Waals surface area contributed by atoms with Gasteiger partial charge in [-0.2, -0.15) is 0 Å². The highest BCUT2D eigenvalue weighted by atomic mass is 15.2. The number of aliphatic imine (C=N–C) groups is 1. The molecule has 0 radical (unpaired) electrons. The van der Waals surface area contributed by atoms with Crippen molar-refractivity contribution in [3.8, 4) is 0 Å². The number of hydrogen-bond acceptors (Lipinski definition) is 1. The molecule has 3 nitrogen and oxygen atoms in total. The molecule has 92 valence electrons. The predicted octanol–water partition coefficient (Wildman–Crippen LogP) is 2.27. The van der Waals surface area contributed by atoms with Gasteiger partial charge in [0.2, 0.25) is 0 Å². The van der Waals surface area contributed by atoms with Crippen molar-refractivity contribution >= 4 is 5.96 Å². The minimum atomic E-state index is 0.287. The van der Waals surface area contributed by atoms with Crippen LogP contribution in [-0.2, 0) is 0 Å². The second kappa shape index (κ2) is 3.64. The van der Waals surface area contributed by atoms with Crippen molar-refractivity contribution in [1.82, 2.24) is 5.32 Å². The predicted molar refractivity (Wildman–Crippen MR) is 68.4 cm³/mol. The fourth-order valence-electron chi connectivity index (χ4n) is 2.94. The van der Waals surface area contributed by atoms with Gasteiger partial charge in [-0.1, -0.05) is 40.5 Å². The molecule has 0 aromatic carbocycles. The molecule has 16 heavy (non-hydrogen) atoms. The Labute approximate surface area is 98.9 Å². The van der Waals surface area contributed by atoms with E-state index in [1.54, 1.807) is 0 Å². The van der Waals surface area contributed by atoms with Crippen LogP contribution in [0.3, 0.4) is 0 Å². The molecule has 2 rings (SSSR count). The van der Waals surface area contributed by atoms with E-state index in [9.17, 15) is 0 Å². The third kappa shape index (κ3) is 1.80. The van der Waals surface area contributed by atoms with Crippen LogP contribution >= 0.6 is 0 Å². The molecule has 2 aliphatic carbocycles. The molecule has 0 heterocycles. The molecule has 2 aliphatic rings. The number of guanidine groups is 1. The number of nitrogens with two attached hydrogens (primary N) is 1. The molecule has 2 fully saturated rings. The molecule has 0 aromatic heterocycles. The van der Waals surface area contributed by atoms with Crippen molar-refractivity contribution in [3.63, 3.8) is 0 Å². The Morgan fingerprint density at radius 2 is 1.62 bits per heavy atom. The van der Waals surface area contributed by atoms with Gasteiger partial charge in [0.05, 0.1) is 6.04 Å². The van der Waals surface area contributed by atoms with Crippen molar-refractivity contribution in [1.29, 1.82) is 0 Å². The topological polar surface area (TPSA) is 50.4 Å². The van der Waals surface area contributed by atoms with Gasteiger partial charge < -0.3 is 11.1 Å². The van der Waals surface area contributed by atoms with E-state index in [2.05, 4.69) is 38.0 Å². The maximum absolute atomic E-state index is 5.98. The quantitative estimate of drug-likeness (QED) is 0.557. The van der Waals surface area contributed by atoms with E-state index in [0.29, 0.717) is 18.0 Å². The Hall–Kier alpha value is -0.730. The van der Waals surface area contributed by atoms with Crippen LogP contribution < -0.4 is 11.1 Å². The van der Waals surface area contributed by atoms with Crippen LogP contribution in [-0.4, -0.2) is 18.0 Å². The molecule has 0 aromatic rings. The van der Waals surface area contributed by atoms with Gasteiger partial charge in [0.25, 0.3) is 0 Å². The van der Waals surface area contributed by atoms with Gasteiger partial charge in [-0.15, -0.1) is 0 Å². The average molecular weight is 223 g/mol. The molecule has 3 heteroatoms. The largest absolute Gasteiger partial charge is 0.370 e. The van der Waals surface area contributed by atoms with Gasteiger partial charge in [-0.05, 0) is 23.7 Å². The molecular weight excluding hydrogens is 198 g/mol. The lowest BCUT2D eigenvalue weighted by molar-refractivity contribution is 0.457. The third-order valence-electron chi connectivity index (χ3n) is 4.92. The van der Waals surface area contributed by atoms with E-state index in [-0.39, 0.29) is 10.8 Å². The van der Waals surface area contributed by atoms with Crippen molar-refractivity contribution in [2.24, 2.45) is 21.6 Å². The van der Waals surface area contributed by atoms with E-state index in [0.717, 1.165) is 0 Å². The molecule has 0 saturated heterocycles. The Balaban J connectivity index is 1.92. The maximum Gasteiger partial charge on any atom is 0.189 e. The zero-order valence-electron chi connectivity index (χ0n) is 11.0. The normalized spacial score (nSPS) is 29.4. The summed E-state index contributed by atoms with van der Waals surface area (Å²) < 4.78 is 0. The van der Waals surface area contributed by atoms with Crippen molar-refractivity contribution in [2.75, 3.05) is 0 Å². The van der Waals surface area contributed by atoms with Crippen LogP contribution in [0.1, 0.15) is 53.4 Å². The molecule has 0 aliphatic heterocycles. The first kappa shape index (κ1) is 11.7. The van der Waals surface area contributed by atoms with Crippen LogP contribution in [0, 0.1) is 10.8 Å². The highest BCUT2D eigenvalue weighted by Crippen LogP contribution is 2.64. The first-order valence-electron chi connectivity index (χ1n) is 6.45.